The first-order valence-electron chi connectivity index (χ1n) is 10.6. The molecule has 37 heavy (non-hydrogen) atoms. The molecule has 0 aliphatic carbocycles. The molecule has 1 aromatic carbocycles. The fraction of sp³-hybridized carbons (Fsp3) is 0.450. The van der Waals surface area contributed by atoms with E-state index >= 15 is 0 Å². The number of β-lactam (4-membered cyclic amide) rings is 1. The smallest absolute Gasteiger partial charge is 0.352 e. The van der Waals surface area contributed by atoms with Crippen molar-refractivity contribution in [3.05, 3.63) is 41.1 Å². The number of halogens is 2. The second kappa shape index (κ2) is 10.9. The van der Waals surface area contributed by atoms with Crippen LogP contribution in [0.25, 0.3) is 0 Å². The number of benzene rings is 1. The van der Waals surface area contributed by atoms with E-state index in [1.165, 1.54) is 36.0 Å². The minimum absolute atomic E-state index is 0.102. The first kappa shape index (κ1) is 28.8. The second-order valence-electron chi connectivity index (χ2n) is 8.35. The van der Waals surface area contributed by atoms with E-state index in [0.29, 0.717) is 5.57 Å². The number of carbonyl (C=O) groups is 3. The Balaban J connectivity index is 1.92. The third-order valence-corrected chi connectivity index (χ3v) is 8.49. The van der Waals surface area contributed by atoms with Gasteiger partial charge in [0.15, 0.2) is 0 Å². The Morgan fingerprint density at radius 2 is 1.68 bits per heavy atom. The van der Waals surface area contributed by atoms with Crippen LogP contribution in [0, 0.1) is 0 Å². The normalized spacial score (nSPS) is 20.9. The van der Waals surface area contributed by atoms with Gasteiger partial charge >= 0.3 is 26.4 Å². The number of carboxylic acid groups (broad SMARTS) is 1. The van der Waals surface area contributed by atoms with Gasteiger partial charge in [0.05, 0.1) is 11.5 Å². The number of nitrogens with one attached hydrogen (secondary N) is 1. The Morgan fingerprint density at radius 1 is 1.14 bits per heavy atom. The maximum absolute atomic E-state index is 13.4. The standard InChI is InChI=1S/C20H23F2N3O9S3/c1-11-10-35-19-14(18(28)25(19)15(11)20(29)30)23-17(27)16(12-2-4-13(26)5-3-12)24(6-8-36(21,31)32)7-9-37(22,33)34/h2-5,14,16,19,26H,6-10H2,1H3,(H,23,27)(H,29,30)/t14-,16?,19?/m1/s1. The van der Waals surface area contributed by atoms with Gasteiger partial charge in [-0.2, -0.15) is 16.8 Å². The number of hydrogen-bond donors (Lipinski definition) is 3. The van der Waals surface area contributed by atoms with E-state index in [2.05, 4.69) is 5.32 Å². The lowest BCUT2D eigenvalue weighted by molar-refractivity contribution is -0.151. The molecule has 17 heteroatoms. The largest absolute Gasteiger partial charge is 0.508 e. The molecule has 0 aromatic heterocycles. The van der Waals surface area contributed by atoms with Crippen molar-refractivity contribution in [2.75, 3.05) is 30.3 Å². The maximum atomic E-state index is 13.4. The number of fused-ring (bicyclic) bond motifs is 1. The van der Waals surface area contributed by atoms with Crippen LogP contribution in [0.1, 0.15) is 18.5 Å². The minimum Gasteiger partial charge on any atom is -0.508 e. The quantitative estimate of drug-likeness (QED) is 0.238. The summed E-state index contributed by atoms with van der Waals surface area (Å²) >= 11 is 1.21. The predicted octanol–water partition coefficient (Wildman–Crippen LogP) is 0.0924. The van der Waals surface area contributed by atoms with Crippen LogP contribution in [0.3, 0.4) is 0 Å². The minimum atomic E-state index is -5.06. The lowest BCUT2D eigenvalue weighted by Crippen LogP contribution is -2.71. The fourth-order valence-corrected chi connectivity index (χ4v) is 6.21. The molecule has 0 spiro atoms. The van der Waals surface area contributed by atoms with Crippen LogP contribution in [0.5, 0.6) is 5.75 Å². The molecular weight excluding hydrogens is 560 g/mol. The van der Waals surface area contributed by atoms with E-state index in [4.69, 9.17) is 0 Å². The summed E-state index contributed by atoms with van der Waals surface area (Å²) in [5.74, 6) is -5.15. The zero-order valence-corrected chi connectivity index (χ0v) is 21.7. The van der Waals surface area contributed by atoms with Gasteiger partial charge in [0.2, 0.25) is 5.91 Å². The van der Waals surface area contributed by atoms with Gasteiger partial charge in [0, 0.05) is 18.8 Å². The highest BCUT2D eigenvalue weighted by atomic mass is 32.3. The van der Waals surface area contributed by atoms with Gasteiger partial charge in [-0.1, -0.05) is 12.1 Å². The molecule has 3 N–H and O–H groups in total. The Labute approximate surface area is 215 Å². The number of amides is 2. The first-order valence-corrected chi connectivity index (χ1v) is 14.8. The zero-order valence-electron chi connectivity index (χ0n) is 19.2. The molecule has 0 saturated carbocycles. The number of phenolic OH excluding ortho intramolecular Hbond substituents is 1. The maximum Gasteiger partial charge on any atom is 0.352 e. The van der Waals surface area contributed by atoms with Crippen LogP contribution < -0.4 is 5.32 Å². The number of carboxylic acids is 1. The summed E-state index contributed by atoms with van der Waals surface area (Å²) in [6.45, 7) is 0.144. The number of aliphatic carboxylic acids is 1. The molecule has 3 rings (SSSR count). The molecule has 1 fully saturated rings. The second-order valence-corrected chi connectivity index (χ2v) is 12.4. The fourth-order valence-electron chi connectivity index (χ4n) is 4.01. The van der Waals surface area contributed by atoms with Gasteiger partial charge in [0.1, 0.15) is 28.9 Å². The zero-order chi connectivity index (χ0) is 27.7. The van der Waals surface area contributed by atoms with Crippen molar-refractivity contribution >= 4 is 50.0 Å². The molecule has 1 saturated heterocycles. The summed E-state index contributed by atoms with van der Waals surface area (Å²) in [5.41, 5.74) is 0.363. The van der Waals surface area contributed by atoms with Crippen molar-refractivity contribution in [2.24, 2.45) is 0 Å². The molecule has 2 aliphatic heterocycles. The topological polar surface area (TPSA) is 178 Å². The number of nitrogens with zero attached hydrogens (tertiary/aromatic N) is 2. The summed E-state index contributed by atoms with van der Waals surface area (Å²) in [6.07, 6.45) is 0. The van der Waals surface area contributed by atoms with E-state index in [1.807, 2.05) is 0 Å². The lowest BCUT2D eigenvalue weighted by atomic mass is 10.00. The van der Waals surface area contributed by atoms with Crippen LogP contribution in [0.4, 0.5) is 7.77 Å². The molecule has 0 radical (unpaired) electrons. The number of aromatic hydroxyl groups is 1. The van der Waals surface area contributed by atoms with Gasteiger partial charge in [0.25, 0.3) is 5.91 Å². The van der Waals surface area contributed by atoms with E-state index in [0.717, 1.165) is 9.80 Å². The third-order valence-electron chi connectivity index (χ3n) is 5.73. The van der Waals surface area contributed by atoms with Crippen molar-refractivity contribution < 1.29 is 49.2 Å². The Hall–Kier alpha value is -2.76. The molecule has 0 bridgehead atoms. The van der Waals surface area contributed by atoms with Crippen LogP contribution in [0.15, 0.2) is 35.5 Å². The van der Waals surface area contributed by atoms with Gasteiger partial charge in [-0.15, -0.1) is 19.5 Å². The van der Waals surface area contributed by atoms with Gasteiger partial charge in [-0.25, -0.2) is 4.79 Å². The summed E-state index contributed by atoms with van der Waals surface area (Å²) in [7, 11) is -10.1. The van der Waals surface area contributed by atoms with E-state index in [1.54, 1.807) is 6.92 Å². The Bertz CT molecular complexity index is 1300. The van der Waals surface area contributed by atoms with Crippen LogP contribution in [-0.4, -0.2) is 96.4 Å². The highest BCUT2D eigenvalue weighted by Crippen LogP contribution is 2.40. The monoisotopic (exact) mass is 583 g/mol. The molecular formula is C20H23F2N3O9S3. The molecule has 2 heterocycles. The van der Waals surface area contributed by atoms with Crippen molar-refractivity contribution in [3.63, 3.8) is 0 Å². The third kappa shape index (κ3) is 6.97. The molecule has 204 valence electrons. The van der Waals surface area contributed by atoms with Crippen LogP contribution >= 0.6 is 11.8 Å². The average molecular weight is 584 g/mol. The summed E-state index contributed by atoms with van der Waals surface area (Å²) in [5, 5.41) is 20.8. The van der Waals surface area contributed by atoms with Crippen LogP contribution in [0.2, 0.25) is 0 Å². The Kier molecular flexibility index (Phi) is 8.50. The van der Waals surface area contributed by atoms with Gasteiger partial charge < -0.3 is 15.5 Å². The molecule has 12 nitrogen and oxygen atoms in total. The average Bonchev–Trinajstić information content (AvgIpc) is 2.78. The number of hydrogen-bond acceptors (Lipinski definition) is 10. The van der Waals surface area contributed by atoms with E-state index in [-0.39, 0.29) is 22.8 Å². The number of thioether (sulfide) groups is 1. The Morgan fingerprint density at radius 3 is 2.16 bits per heavy atom. The molecule has 2 amide bonds. The lowest BCUT2D eigenvalue weighted by Gasteiger charge is -2.49. The highest BCUT2D eigenvalue weighted by Gasteiger charge is 2.54. The summed E-state index contributed by atoms with van der Waals surface area (Å²) in [4.78, 5) is 39.8. The number of rotatable bonds is 11. The van der Waals surface area contributed by atoms with E-state index < -0.39 is 80.3 Å². The molecule has 3 atom stereocenters. The van der Waals surface area contributed by atoms with Crippen molar-refractivity contribution in [1.82, 2.24) is 15.1 Å². The van der Waals surface area contributed by atoms with Crippen molar-refractivity contribution in [2.45, 2.75) is 24.4 Å². The molecule has 2 unspecified atom stereocenters. The highest BCUT2D eigenvalue weighted by molar-refractivity contribution is 8.00. The molecule has 1 aromatic rings. The summed E-state index contributed by atoms with van der Waals surface area (Å²) in [6, 6.07) is 2.21. The van der Waals surface area contributed by atoms with Crippen LogP contribution in [-0.2, 0) is 34.8 Å². The predicted molar refractivity (Wildman–Crippen MR) is 128 cm³/mol. The number of carbonyl (C=O) groups excluding carboxylic acids is 2. The number of phenols is 1. The van der Waals surface area contributed by atoms with Gasteiger partial charge in [-0.3, -0.25) is 19.4 Å². The van der Waals surface area contributed by atoms with Crippen molar-refractivity contribution in [1.29, 1.82) is 0 Å². The van der Waals surface area contributed by atoms with Gasteiger partial charge in [-0.05, 0) is 30.2 Å². The van der Waals surface area contributed by atoms with E-state index in [9.17, 15) is 49.2 Å². The molecule has 2 aliphatic rings. The first-order chi connectivity index (χ1) is 17.1. The van der Waals surface area contributed by atoms with Crippen molar-refractivity contribution in [3.8, 4) is 5.75 Å². The summed E-state index contributed by atoms with van der Waals surface area (Å²) < 4.78 is 71.1. The SMILES string of the molecule is CC1=C(C(=O)O)N2C(=O)[C@@H](NC(=O)C(c3ccc(O)cc3)N(CCS(=O)(=O)F)CCS(=O)(=O)F)C2SC1.